The maximum atomic E-state index is 11.4. The first-order chi connectivity index (χ1) is 15.6. The number of ether oxygens (including phenoxy) is 2. The van der Waals surface area contributed by atoms with Gasteiger partial charge in [-0.1, -0.05) is 20.8 Å². The van der Waals surface area contributed by atoms with Gasteiger partial charge in [0.05, 0.1) is 17.1 Å². The van der Waals surface area contributed by atoms with Crippen molar-refractivity contribution in [3.8, 4) is 11.5 Å². The van der Waals surface area contributed by atoms with Gasteiger partial charge in [0.2, 0.25) is 5.95 Å². The molecule has 0 aliphatic heterocycles. The number of nitrogens with zero attached hydrogens (tertiary/aromatic N) is 2. The number of fused-ring (bicyclic) bond motifs is 1. The maximum absolute atomic E-state index is 11.4. The molecule has 6 heteroatoms. The average Bonchev–Trinajstić information content (AvgIpc) is 3.04. The number of hydrogen-bond acceptors (Lipinski definition) is 5. The summed E-state index contributed by atoms with van der Waals surface area (Å²) in [6.07, 6.45) is 3.56. The number of rotatable bonds is 6. The molecule has 3 aromatic rings. The molecule has 176 valence electrons. The lowest BCUT2D eigenvalue weighted by Gasteiger charge is -2.40. The van der Waals surface area contributed by atoms with Crippen LogP contribution in [0.1, 0.15) is 66.8 Å². The maximum Gasteiger partial charge on any atom is 0.308 e. The van der Waals surface area contributed by atoms with Crippen molar-refractivity contribution in [1.29, 1.82) is 0 Å². The molecule has 1 aliphatic carbocycles. The molecule has 1 heterocycles. The Hall–Kier alpha value is -3.02. The molecule has 0 bridgehead atoms. The van der Waals surface area contributed by atoms with E-state index < -0.39 is 0 Å². The molecule has 0 unspecified atom stereocenters. The summed E-state index contributed by atoms with van der Waals surface area (Å²) < 4.78 is 13.4. The topological polar surface area (TPSA) is 65.4 Å². The van der Waals surface area contributed by atoms with Crippen molar-refractivity contribution in [2.24, 2.45) is 11.3 Å². The van der Waals surface area contributed by atoms with Gasteiger partial charge in [-0.2, -0.15) is 0 Å². The highest BCUT2D eigenvalue weighted by atomic mass is 16.5. The van der Waals surface area contributed by atoms with Crippen LogP contribution in [0.3, 0.4) is 0 Å². The summed E-state index contributed by atoms with van der Waals surface area (Å²) in [6.45, 7) is 12.5. The highest BCUT2D eigenvalue weighted by Gasteiger charge is 2.34. The third-order valence-electron chi connectivity index (χ3n) is 6.13. The molecule has 1 N–H and O–H groups in total. The van der Waals surface area contributed by atoms with E-state index in [0.717, 1.165) is 41.3 Å². The molecular weight excluding hydrogens is 414 g/mol. The first kappa shape index (κ1) is 23.1. The van der Waals surface area contributed by atoms with Gasteiger partial charge in [-0.15, -0.1) is 0 Å². The quantitative estimate of drug-likeness (QED) is 0.328. The number of benzene rings is 2. The molecule has 6 nitrogen and oxygen atoms in total. The smallest absolute Gasteiger partial charge is 0.308 e. The summed E-state index contributed by atoms with van der Waals surface area (Å²) in [5.41, 5.74) is 3.07. The van der Waals surface area contributed by atoms with E-state index in [4.69, 9.17) is 14.5 Å². The molecule has 0 amide bonds. The molecule has 1 aliphatic rings. The lowest BCUT2D eigenvalue weighted by molar-refractivity contribution is -0.131. The lowest BCUT2D eigenvalue weighted by atomic mass is 9.70. The predicted octanol–water partition coefficient (Wildman–Crippen LogP) is 6.88. The minimum atomic E-state index is -0.335. The summed E-state index contributed by atoms with van der Waals surface area (Å²) >= 11 is 0. The van der Waals surface area contributed by atoms with Crippen molar-refractivity contribution in [2.75, 3.05) is 5.32 Å². The van der Waals surface area contributed by atoms with Crippen molar-refractivity contribution in [2.45, 2.75) is 73.0 Å². The number of nitrogens with one attached hydrogen (secondary N) is 1. The van der Waals surface area contributed by atoms with Gasteiger partial charge in [-0.25, -0.2) is 4.98 Å². The van der Waals surface area contributed by atoms with E-state index in [1.54, 1.807) is 0 Å². The van der Waals surface area contributed by atoms with Crippen LogP contribution in [0.5, 0.6) is 11.5 Å². The summed E-state index contributed by atoms with van der Waals surface area (Å²) in [7, 11) is 0. The van der Waals surface area contributed by atoms with Gasteiger partial charge >= 0.3 is 5.97 Å². The molecular formula is C27H35N3O3. The zero-order chi connectivity index (χ0) is 23.8. The van der Waals surface area contributed by atoms with Gasteiger partial charge in [0.1, 0.15) is 11.5 Å². The first-order valence-electron chi connectivity index (χ1n) is 11.8. The van der Waals surface area contributed by atoms with E-state index in [-0.39, 0.29) is 17.5 Å². The van der Waals surface area contributed by atoms with E-state index >= 15 is 0 Å². The second-order valence-electron chi connectivity index (χ2n) is 10.4. The van der Waals surface area contributed by atoms with Crippen LogP contribution in [0.25, 0.3) is 11.0 Å². The zero-order valence-corrected chi connectivity index (χ0v) is 20.5. The second kappa shape index (κ2) is 9.08. The molecule has 33 heavy (non-hydrogen) atoms. The summed E-state index contributed by atoms with van der Waals surface area (Å²) in [5, 5.41) is 3.53. The highest BCUT2D eigenvalue weighted by molar-refractivity contribution is 5.82. The van der Waals surface area contributed by atoms with E-state index in [1.165, 1.54) is 13.3 Å². The van der Waals surface area contributed by atoms with Crippen LogP contribution in [0, 0.1) is 11.3 Å². The predicted molar refractivity (Wildman–Crippen MR) is 132 cm³/mol. The van der Waals surface area contributed by atoms with Gasteiger partial charge in [0.15, 0.2) is 0 Å². The van der Waals surface area contributed by atoms with Crippen LogP contribution in [0.2, 0.25) is 0 Å². The monoisotopic (exact) mass is 449 g/mol. The molecule has 2 aromatic carbocycles. The largest absolute Gasteiger partial charge is 0.491 e. The van der Waals surface area contributed by atoms with Gasteiger partial charge in [-0.3, -0.25) is 4.79 Å². The van der Waals surface area contributed by atoms with Gasteiger partial charge in [0, 0.05) is 24.7 Å². The summed E-state index contributed by atoms with van der Waals surface area (Å²) in [4.78, 5) is 16.4. The Labute approximate surface area is 196 Å². The molecule has 2 atom stereocenters. The number of anilines is 2. The van der Waals surface area contributed by atoms with Crippen molar-refractivity contribution < 1.29 is 14.3 Å². The molecule has 0 radical (unpaired) electrons. The van der Waals surface area contributed by atoms with Crippen LogP contribution in [-0.4, -0.2) is 21.6 Å². The molecule has 1 aromatic heterocycles. The number of carbonyl (C=O) groups excluding carboxylic acids is 1. The fourth-order valence-corrected chi connectivity index (χ4v) is 5.28. The van der Waals surface area contributed by atoms with Crippen LogP contribution < -0.4 is 14.8 Å². The summed E-state index contributed by atoms with van der Waals surface area (Å²) in [5.74, 6) is 2.46. The van der Waals surface area contributed by atoms with E-state index in [2.05, 4.69) is 30.7 Å². The number of carbonyl (C=O) groups is 1. The van der Waals surface area contributed by atoms with Crippen LogP contribution >= 0.6 is 0 Å². The molecule has 4 rings (SSSR count). The average molecular weight is 450 g/mol. The molecule has 1 fully saturated rings. The van der Waals surface area contributed by atoms with Crippen LogP contribution in [0.15, 0.2) is 42.5 Å². The third-order valence-corrected chi connectivity index (χ3v) is 6.13. The van der Waals surface area contributed by atoms with Gasteiger partial charge in [0.25, 0.3) is 0 Å². The van der Waals surface area contributed by atoms with Crippen LogP contribution in [-0.2, 0) is 4.79 Å². The number of imidazole rings is 1. The SMILES string of the molecule is CC(=O)Oc1ccc2c(c1)nc(Nc1ccc(OC(C)C)cc1)n2[C@H]1C[C@@H](C)CC(C)(C)C1. The number of esters is 1. The van der Waals surface area contributed by atoms with Gasteiger partial charge in [-0.05, 0) is 80.8 Å². The molecule has 0 saturated heterocycles. The summed E-state index contributed by atoms with van der Waals surface area (Å²) in [6, 6.07) is 14.0. The fourth-order valence-electron chi connectivity index (χ4n) is 5.28. The van der Waals surface area contributed by atoms with Crippen molar-refractivity contribution >= 4 is 28.6 Å². The fraction of sp³-hybridized carbons (Fsp3) is 0.481. The van der Waals surface area contributed by atoms with Gasteiger partial charge < -0.3 is 19.4 Å². The molecule has 0 spiro atoms. The standard InChI is InChI=1S/C27H35N3O3/c1-17(2)32-22-9-7-20(8-10-22)28-26-29-24-14-23(33-19(4)31)11-12-25(24)30(26)21-13-18(3)15-27(5,6)16-21/h7-12,14,17-18,21H,13,15-16H2,1-6H3,(H,28,29)/t18-,21+/m1/s1. The third kappa shape index (κ3) is 5.49. The van der Waals surface area contributed by atoms with Crippen molar-refractivity contribution in [3.63, 3.8) is 0 Å². The minimum absolute atomic E-state index is 0.135. The Bertz CT molecular complexity index is 1130. The highest BCUT2D eigenvalue weighted by Crippen LogP contribution is 2.46. The second-order valence-corrected chi connectivity index (χ2v) is 10.4. The van der Waals surface area contributed by atoms with E-state index in [0.29, 0.717) is 17.7 Å². The Morgan fingerprint density at radius 1 is 1.12 bits per heavy atom. The van der Waals surface area contributed by atoms with Crippen molar-refractivity contribution in [3.05, 3.63) is 42.5 Å². The Morgan fingerprint density at radius 3 is 2.45 bits per heavy atom. The first-order valence-corrected chi connectivity index (χ1v) is 11.8. The van der Waals surface area contributed by atoms with Crippen molar-refractivity contribution in [1.82, 2.24) is 9.55 Å². The Morgan fingerprint density at radius 2 is 1.82 bits per heavy atom. The molecule has 1 saturated carbocycles. The number of hydrogen-bond donors (Lipinski definition) is 1. The van der Waals surface area contributed by atoms with Crippen LogP contribution in [0.4, 0.5) is 11.6 Å². The zero-order valence-electron chi connectivity index (χ0n) is 20.5. The van der Waals surface area contributed by atoms with E-state index in [9.17, 15) is 4.79 Å². The normalized spacial score (nSPS) is 20.1. The minimum Gasteiger partial charge on any atom is -0.491 e. The van der Waals surface area contributed by atoms with E-state index in [1.807, 2.05) is 56.3 Å². The lowest BCUT2D eigenvalue weighted by Crippen LogP contribution is -2.29. The Kier molecular flexibility index (Phi) is 6.37. The number of aromatic nitrogens is 2. The Balaban J connectivity index is 1.73.